The smallest absolute Gasteiger partial charge is 0.266 e. The molecular formula is C18H17N3O3S2. The van der Waals surface area contributed by atoms with Crippen LogP contribution < -0.4 is 9.62 Å². The number of hydrogen-bond donors (Lipinski definition) is 1. The average molecular weight is 387 g/mol. The molecule has 0 saturated heterocycles. The van der Waals surface area contributed by atoms with Crippen molar-refractivity contribution in [2.24, 2.45) is 0 Å². The zero-order chi connectivity index (χ0) is 18.6. The minimum Gasteiger partial charge on any atom is -0.324 e. The highest BCUT2D eigenvalue weighted by Crippen LogP contribution is 2.25. The monoisotopic (exact) mass is 387 g/mol. The van der Waals surface area contributed by atoms with Crippen LogP contribution in [0.5, 0.6) is 0 Å². The van der Waals surface area contributed by atoms with Crippen molar-refractivity contribution in [2.45, 2.75) is 11.8 Å². The summed E-state index contributed by atoms with van der Waals surface area (Å²) in [4.78, 5) is 16.7. The van der Waals surface area contributed by atoms with Gasteiger partial charge in [0.15, 0.2) is 5.13 Å². The van der Waals surface area contributed by atoms with E-state index in [1.807, 2.05) is 25.1 Å². The van der Waals surface area contributed by atoms with E-state index in [0.29, 0.717) is 5.69 Å². The molecule has 2 aromatic carbocycles. The van der Waals surface area contributed by atoms with Crippen molar-refractivity contribution in [3.05, 3.63) is 71.7 Å². The van der Waals surface area contributed by atoms with Gasteiger partial charge in [-0.3, -0.25) is 4.79 Å². The Hall–Kier alpha value is -2.71. The molecule has 0 aliphatic heterocycles. The van der Waals surface area contributed by atoms with Crippen molar-refractivity contribution < 1.29 is 13.2 Å². The number of nitrogens with zero attached hydrogens (tertiary/aromatic N) is 2. The largest absolute Gasteiger partial charge is 0.324 e. The second kappa shape index (κ2) is 7.67. The fourth-order valence-electron chi connectivity index (χ4n) is 2.35. The second-order valence-corrected chi connectivity index (χ2v) is 8.24. The lowest BCUT2D eigenvalue weighted by molar-refractivity contribution is -0.114. The number of sulfonamides is 1. The minimum atomic E-state index is -3.90. The summed E-state index contributed by atoms with van der Waals surface area (Å²) < 4.78 is 27.0. The number of para-hydroxylation sites is 1. The Morgan fingerprint density at radius 3 is 2.46 bits per heavy atom. The zero-order valence-electron chi connectivity index (χ0n) is 14.0. The highest BCUT2D eigenvalue weighted by Gasteiger charge is 2.28. The zero-order valence-corrected chi connectivity index (χ0v) is 15.6. The number of carbonyl (C=O) groups is 1. The fraction of sp³-hybridized carbons (Fsp3) is 0.111. The quantitative estimate of drug-likeness (QED) is 0.704. The van der Waals surface area contributed by atoms with Crippen LogP contribution in [-0.4, -0.2) is 25.9 Å². The second-order valence-electron chi connectivity index (χ2n) is 5.50. The van der Waals surface area contributed by atoms with Gasteiger partial charge in [-0.2, -0.15) is 0 Å². The van der Waals surface area contributed by atoms with E-state index in [-0.39, 0.29) is 16.6 Å². The number of thiazole rings is 1. The molecule has 0 spiro atoms. The molecule has 0 aliphatic carbocycles. The van der Waals surface area contributed by atoms with Crippen molar-refractivity contribution in [2.75, 3.05) is 16.2 Å². The van der Waals surface area contributed by atoms with E-state index in [2.05, 4.69) is 10.3 Å². The van der Waals surface area contributed by atoms with Gasteiger partial charge < -0.3 is 5.32 Å². The van der Waals surface area contributed by atoms with E-state index in [0.717, 1.165) is 21.2 Å². The molecule has 8 heteroatoms. The number of benzene rings is 2. The topological polar surface area (TPSA) is 79.4 Å². The molecule has 0 saturated carbocycles. The van der Waals surface area contributed by atoms with Crippen LogP contribution in [0, 0.1) is 6.92 Å². The number of hydrogen-bond acceptors (Lipinski definition) is 5. The van der Waals surface area contributed by atoms with Crippen molar-refractivity contribution in [1.29, 1.82) is 0 Å². The predicted molar refractivity (Wildman–Crippen MR) is 103 cm³/mol. The summed E-state index contributed by atoms with van der Waals surface area (Å²) in [7, 11) is -3.90. The molecule has 134 valence electrons. The molecule has 0 aliphatic rings. The summed E-state index contributed by atoms with van der Waals surface area (Å²) in [6, 6.07) is 15.3. The van der Waals surface area contributed by atoms with E-state index in [1.54, 1.807) is 29.6 Å². The van der Waals surface area contributed by atoms with Gasteiger partial charge in [0, 0.05) is 17.3 Å². The van der Waals surface area contributed by atoms with Crippen molar-refractivity contribution in [3.8, 4) is 0 Å². The van der Waals surface area contributed by atoms with Crippen LogP contribution in [0.15, 0.2) is 71.1 Å². The summed E-state index contributed by atoms with van der Waals surface area (Å²) in [5.41, 5.74) is 1.54. The van der Waals surface area contributed by atoms with Crippen LogP contribution in [0.3, 0.4) is 0 Å². The first-order chi connectivity index (χ1) is 12.5. The Balaban J connectivity index is 1.89. The normalized spacial score (nSPS) is 11.1. The van der Waals surface area contributed by atoms with Crippen LogP contribution in [0.2, 0.25) is 0 Å². The van der Waals surface area contributed by atoms with Gasteiger partial charge in [0.05, 0.1) is 4.90 Å². The molecule has 3 aromatic rings. The van der Waals surface area contributed by atoms with Gasteiger partial charge in [-0.25, -0.2) is 17.7 Å². The summed E-state index contributed by atoms with van der Waals surface area (Å²) >= 11 is 1.16. The lowest BCUT2D eigenvalue weighted by Crippen LogP contribution is -2.38. The molecule has 0 atom stereocenters. The van der Waals surface area contributed by atoms with E-state index >= 15 is 0 Å². The molecule has 0 fully saturated rings. The highest BCUT2D eigenvalue weighted by atomic mass is 32.2. The first kappa shape index (κ1) is 18.1. The molecule has 0 unspecified atom stereocenters. The van der Waals surface area contributed by atoms with Gasteiger partial charge in [0.25, 0.3) is 10.0 Å². The van der Waals surface area contributed by atoms with Gasteiger partial charge in [0.2, 0.25) is 5.91 Å². The summed E-state index contributed by atoms with van der Waals surface area (Å²) in [6.07, 6.45) is 1.51. The number of carbonyl (C=O) groups excluding carboxylic acids is 1. The third-order valence-corrected chi connectivity index (χ3v) is 6.33. The van der Waals surface area contributed by atoms with Crippen LogP contribution in [0.1, 0.15) is 5.56 Å². The Labute approximate surface area is 156 Å². The SMILES string of the molecule is Cc1ccccc1NC(=O)CN(c1nccs1)S(=O)(=O)c1ccccc1. The number of anilines is 2. The Bertz CT molecular complexity index is 988. The van der Waals surface area contributed by atoms with Crippen LogP contribution in [0.4, 0.5) is 10.8 Å². The summed E-state index contributed by atoms with van der Waals surface area (Å²) in [6.45, 7) is 1.51. The van der Waals surface area contributed by atoms with Crippen LogP contribution in [-0.2, 0) is 14.8 Å². The molecule has 1 amide bonds. The maximum atomic E-state index is 13.0. The molecule has 0 bridgehead atoms. The van der Waals surface area contributed by atoms with E-state index in [4.69, 9.17) is 0 Å². The first-order valence-corrected chi connectivity index (χ1v) is 10.1. The average Bonchev–Trinajstić information content (AvgIpc) is 3.16. The van der Waals surface area contributed by atoms with E-state index < -0.39 is 15.9 Å². The molecule has 6 nitrogen and oxygen atoms in total. The third kappa shape index (κ3) is 3.92. The molecule has 1 aromatic heterocycles. The van der Waals surface area contributed by atoms with Crippen LogP contribution in [0.25, 0.3) is 0 Å². The summed E-state index contributed by atoms with van der Waals surface area (Å²) in [5, 5.41) is 4.67. The molecule has 1 N–H and O–H groups in total. The van der Waals surface area contributed by atoms with Gasteiger partial charge in [-0.15, -0.1) is 11.3 Å². The fourth-order valence-corrected chi connectivity index (χ4v) is 4.61. The number of rotatable bonds is 6. The summed E-state index contributed by atoms with van der Waals surface area (Å²) in [5.74, 6) is -0.436. The highest BCUT2D eigenvalue weighted by molar-refractivity contribution is 7.93. The van der Waals surface area contributed by atoms with Gasteiger partial charge in [0.1, 0.15) is 6.54 Å². The van der Waals surface area contributed by atoms with Crippen molar-refractivity contribution in [1.82, 2.24) is 4.98 Å². The van der Waals surface area contributed by atoms with Crippen LogP contribution >= 0.6 is 11.3 Å². The molecule has 26 heavy (non-hydrogen) atoms. The first-order valence-electron chi connectivity index (χ1n) is 7.81. The van der Waals surface area contributed by atoms with Gasteiger partial charge in [-0.1, -0.05) is 36.4 Å². The van der Waals surface area contributed by atoms with E-state index in [1.165, 1.54) is 18.3 Å². The Morgan fingerprint density at radius 1 is 1.12 bits per heavy atom. The van der Waals surface area contributed by atoms with Crippen molar-refractivity contribution >= 4 is 38.1 Å². The number of nitrogens with one attached hydrogen (secondary N) is 1. The van der Waals surface area contributed by atoms with Crippen molar-refractivity contribution in [3.63, 3.8) is 0 Å². The molecule has 3 rings (SSSR count). The lowest BCUT2D eigenvalue weighted by Gasteiger charge is -2.21. The van der Waals surface area contributed by atoms with Gasteiger partial charge in [-0.05, 0) is 30.7 Å². The molecular weight excluding hydrogens is 370 g/mol. The lowest BCUT2D eigenvalue weighted by atomic mass is 10.2. The number of amides is 1. The van der Waals surface area contributed by atoms with Gasteiger partial charge >= 0.3 is 0 Å². The maximum absolute atomic E-state index is 13.0. The maximum Gasteiger partial charge on any atom is 0.266 e. The Kier molecular flexibility index (Phi) is 5.34. The Morgan fingerprint density at radius 2 is 1.81 bits per heavy atom. The van der Waals surface area contributed by atoms with E-state index in [9.17, 15) is 13.2 Å². The minimum absolute atomic E-state index is 0.110. The third-order valence-electron chi connectivity index (χ3n) is 3.67. The number of aromatic nitrogens is 1. The predicted octanol–water partition coefficient (Wildman–Crippen LogP) is 3.29. The number of aryl methyl sites for hydroxylation is 1. The standard InChI is InChI=1S/C18H17N3O3S2/c1-14-7-5-6-10-16(14)20-17(22)13-21(18-19-11-12-25-18)26(23,24)15-8-3-2-4-9-15/h2-12H,13H2,1H3,(H,20,22). The molecule has 1 heterocycles. The molecule has 0 radical (unpaired) electrons.